The molecule has 5 nitrogen and oxygen atoms in total. The number of carbonyl (C=O) groups excluding carboxylic acids is 1. The first-order chi connectivity index (χ1) is 9.49. The van der Waals surface area contributed by atoms with Crippen LogP contribution < -0.4 is 10.6 Å². The van der Waals surface area contributed by atoms with Crippen LogP contribution in [0, 0.1) is 0 Å². The van der Waals surface area contributed by atoms with Crippen molar-refractivity contribution in [3.05, 3.63) is 28.8 Å². The quantitative estimate of drug-likeness (QED) is 0.748. The number of carboxylic acids is 1. The maximum Gasteiger partial charge on any atom is 0.339 e. The minimum Gasteiger partial charge on any atom is -0.478 e. The van der Waals surface area contributed by atoms with E-state index < -0.39 is 12.0 Å². The van der Waals surface area contributed by atoms with Gasteiger partial charge in [0, 0.05) is 6.04 Å². The van der Waals surface area contributed by atoms with Gasteiger partial charge in [0.1, 0.15) is 5.56 Å². The van der Waals surface area contributed by atoms with E-state index in [-0.39, 0.29) is 22.3 Å². The van der Waals surface area contributed by atoms with E-state index in [9.17, 15) is 9.59 Å². The van der Waals surface area contributed by atoms with Gasteiger partial charge in [-0.15, -0.1) is 0 Å². The van der Waals surface area contributed by atoms with Gasteiger partial charge in [0.25, 0.3) is 0 Å². The normalized spacial score (nSPS) is 11.8. The molecule has 6 heteroatoms. The van der Waals surface area contributed by atoms with Crippen molar-refractivity contribution in [2.75, 3.05) is 5.32 Å². The fourth-order valence-corrected chi connectivity index (χ4v) is 2.17. The van der Waals surface area contributed by atoms with Crippen LogP contribution in [0.25, 0.3) is 0 Å². The highest BCUT2D eigenvalue weighted by atomic mass is 35.5. The summed E-state index contributed by atoms with van der Waals surface area (Å²) in [6.45, 7) is 4.03. The SMILES string of the molecule is CCCC(CC)NC(=O)Nc1cccc(Cl)c1C(=O)O. The van der Waals surface area contributed by atoms with E-state index >= 15 is 0 Å². The van der Waals surface area contributed by atoms with Gasteiger partial charge in [-0.3, -0.25) is 0 Å². The number of halogens is 1. The molecule has 0 saturated heterocycles. The topological polar surface area (TPSA) is 78.4 Å². The summed E-state index contributed by atoms with van der Waals surface area (Å²) < 4.78 is 0. The third-order valence-corrected chi connectivity index (χ3v) is 3.26. The summed E-state index contributed by atoms with van der Waals surface area (Å²) in [5.41, 5.74) is 0.0849. The number of carbonyl (C=O) groups is 2. The molecular weight excluding hydrogens is 280 g/mol. The minimum absolute atomic E-state index is 0.0764. The van der Waals surface area contributed by atoms with E-state index in [1.165, 1.54) is 12.1 Å². The Morgan fingerprint density at radius 1 is 1.35 bits per heavy atom. The lowest BCUT2D eigenvalue weighted by molar-refractivity contribution is 0.0698. The van der Waals surface area contributed by atoms with Crippen LogP contribution in [0.2, 0.25) is 5.02 Å². The zero-order valence-corrected chi connectivity index (χ0v) is 12.3. The molecule has 0 fully saturated rings. The maximum atomic E-state index is 11.9. The molecule has 1 atom stereocenters. The Bertz CT molecular complexity index is 491. The molecule has 0 saturated carbocycles. The molecule has 0 radical (unpaired) electrons. The maximum absolute atomic E-state index is 11.9. The number of rotatable bonds is 6. The van der Waals surface area contributed by atoms with Crippen LogP contribution in [0.5, 0.6) is 0 Å². The Morgan fingerprint density at radius 2 is 2.05 bits per heavy atom. The van der Waals surface area contributed by atoms with E-state index in [1.54, 1.807) is 6.07 Å². The zero-order valence-electron chi connectivity index (χ0n) is 11.6. The van der Waals surface area contributed by atoms with Crippen molar-refractivity contribution in [3.8, 4) is 0 Å². The molecule has 0 heterocycles. The third-order valence-electron chi connectivity index (χ3n) is 2.94. The highest BCUT2D eigenvalue weighted by Gasteiger charge is 2.17. The molecule has 110 valence electrons. The molecule has 0 aliphatic rings. The lowest BCUT2D eigenvalue weighted by atomic mass is 10.1. The van der Waals surface area contributed by atoms with Gasteiger partial charge in [0.15, 0.2) is 0 Å². The van der Waals surface area contributed by atoms with Gasteiger partial charge in [0.2, 0.25) is 0 Å². The van der Waals surface area contributed by atoms with Crippen molar-refractivity contribution >= 4 is 29.3 Å². The van der Waals surface area contributed by atoms with Crippen LogP contribution in [0.3, 0.4) is 0 Å². The highest BCUT2D eigenvalue weighted by Crippen LogP contribution is 2.24. The van der Waals surface area contributed by atoms with Gasteiger partial charge in [-0.05, 0) is 25.0 Å². The van der Waals surface area contributed by atoms with Crippen molar-refractivity contribution in [2.24, 2.45) is 0 Å². The van der Waals surface area contributed by atoms with Crippen LogP contribution in [-0.2, 0) is 0 Å². The Balaban J connectivity index is 2.80. The molecule has 2 amide bonds. The van der Waals surface area contributed by atoms with Crippen molar-refractivity contribution in [1.82, 2.24) is 5.32 Å². The first-order valence-corrected chi connectivity index (χ1v) is 6.96. The van der Waals surface area contributed by atoms with Crippen LogP contribution in [-0.4, -0.2) is 23.1 Å². The Kier molecular flexibility index (Phi) is 6.31. The molecule has 0 aliphatic heterocycles. The molecule has 1 aromatic carbocycles. The molecule has 20 heavy (non-hydrogen) atoms. The van der Waals surface area contributed by atoms with Crippen LogP contribution in [0.4, 0.5) is 10.5 Å². The fourth-order valence-electron chi connectivity index (χ4n) is 1.92. The molecule has 1 aromatic rings. The van der Waals surface area contributed by atoms with Crippen molar-refractivity contribution < 1.29 is 14.7 Å². The third kappa shape index (κ3) is 4.42. The number of anilines is 1. The van der Waals surface area contributed by atoms with Gasteiger partial charge in [0.05, 0.1) is 10.7 Å². The number of aromatic carboxylic acids is 1. The predicted octanol–water partition coefficient (Wildman–Crippen LogP) is 3.74. The number of hydrogen-bond donors (Lipinski definition) is 3. The van der Waals surface area contributed by atoms with Crippen LogP contribution in [0.1, 0.15) is 43.5 Å². The monoisotopic (exact) mass is 298 g/mol. The minimum atomic E-state index is -1.17. The van der Waals surface area contributed by atoms with Gasteiger partial charge >= 0.3 is 12.0 Å². The zero-order chi connectivity index (χ0) is 15.1. The average molecular weight is 299 g/mol. The van der Waals surface area contributed by atoms with Gasteiger partial charge in [-0.25, -0.2) is 9.59 Å². The largest absolute Gasteiger partial charge is 0.478 e. The number of nitrogens with one attached hydrogen (secondary N) is 2. The molecular formula is C14H19ClN2O3. The summed E-state index contributed by atoms with van der Waals surface area (Å²) in [4.78, 5) is 23.0. The molecule has 0 aliphatic carbocycles. The Hall–Kier alpha value is -1.75. The first-order valence-electron chi connectivity index (χ1n) is 6.58. The molecule has 0 spiro atoms. The summed E-state index contributed by atoms with van der Waals surface area (Å²) in [5, 5.41) is 14.6. The van der Waals surface area contributed by atoms with Crippen LogP contribution in [0.15, 0.2) is 18.2 Å². The fraction of sp³-hybridized carbons (Fsp3) is 0.429. The number of benzene rings is 1. The van der Waals surface area contributed by atoms with E-state index in [0.717, 1.165) is 19.3 Å². The number of hydrogen-bond acceptors (Lipinski definition) is 2. The average Bonchev–Trinajstić information content (AvgIpc) is 2.37. The first kappa shape index (κ1) is 16.3. The Morgan fingerprint density at radius 3 is 2.60 bits per heavy atom. The van der Waals surface area contributed by atoms with Gasteiger partial charge < -0.3 is 15.7 Å². The number of amides is 2. The summed E-state index contributed by atoms with van der Waals surface area (Å²) in [6, 6.07) is 4.23. The molecule has 0 aromatic heterocycles. The van der Waals surface area contributed by atoms with E-state index in [2.05, 4.69) is 10.6 Å². The summed E-state index contributed by atoms with van der Waals surface area (Å²) in [6.07, 6.45) is 2.67. The second kappa shape index (κ2) is 7.75. The second-order valence-electron chi connectivity index (χ2n) is 4.46. The molecule has 0 bridgehead atoms. The second-order valence-corrected chi connectivity index (χ2v) is 4.87. The number of carboxylic acid groups (broad SMARTS) is 1. The van der Waals surface area contributed by atoms with Gasteiger partial charge in [-0.2, -0.15) is 0 Å². The van der Waals surface area contributed by atoms with Crippen molar-refractivity contribution in [1.29, 1.82) is 0 Å². The standard InChI is InChI=1S/C14H19ClN2O3/c1-3-6-9(4-2)16-14(20)17-11-8-5-7-10(15)12(11)13(18)19/h5,7-9H,3-4,6H2,1-2H3,(H,18,19)(H2,16,17,20). The van der Waals surface area contributed by atoms with E-state index in [4.69, 9.17) is 16.7 Å². The smallest absolute Gasteiger partial charge is 0.339 e. The predicted molar refractivity (Wildman–Crippen MR) is 79.6 cm³/mol. The number of urea groups is 1. The van der Waals surface area contributed by atoms with E-state index in [0.29, 0.717) is 0 Å². The Labute approximate surface area is 123 Å². The van der Waals surface area contributed by atoms with Gasteiger partial charge in [-0.1, -0.05) is 37.9 Å². The molecule has 3 N–H and O–H groups in total. The van der Waals surface area contributed by atoms with Crippen molar-refractivity contribution in [2.45, 2.75) is 39.2 Å². The van der Waals surface area contributed by atoms with Crippen LogP contribution >= 0.6 is 11.6 Å². The summed E-state index contributed by atoms with van der Waals surface area (Å²) in [7, 11) is 0. The lowest BCUT2D eigenvalue weighted by Crippen LogP contribution is -2.37. The summed E-state index contributed by atoms with van der Waals surface area (Å²) in [5.74, 6) is -1.17. The molecule has 1 rings (SSSR count). The summed E-state index contributed by atoms with van der Waals surface area (Å²) >= 11 is 5.84. The lowest BCUT2D eigenvalue weighted by Gasteiger charge is -2.17. The molecule has 1 unspecified atom stereocenters. The van der Waals surface area contributed by atoms with E-state index in [1.807, 2.05) is 13.8 Å². The van der Waals surface area contributed by atoms with Crippen molar-refractivity contribution in [3.63, 3.8) is 0 Å². The highest BCUT2D eigenvalue weighted by molar-refractivity contribution is 6.34.